The molecule has 1 aromatic rings. The minimum absolute atomic E-state index is 0.0606. The second-order valence-corrected chi connectivity index (χ2v) is 7.04. The molecule has 0 N–H and O–H groups in total. The third-order valence-electron chi connectivity index (χ3n) is 4.21. The highest BCUT2D eigenvalue weighted by atomic mass is 32.2. The maximum absolute atomic E-state index is 12.2. The largest absolute Gasteiger partial charge is 0.368 e. The molecule has 4 heteroatoms. The highest BCUT2D eigenvalue weighted by Gasteiger charge is 2.48. The summed E-state index contributed by atoms with van der Waals surface area (Å²) in [5, 5.41) is 0.552. The van der Waals surface area contributed by atoms with Crippen LogP contribution in [0.2, 0.25) is 0 Å². The molecule has 0 radical (unpaired) electrons. The van der Waals surface area contributed by atoms with E-state index in [0.29, 0.717) is 5.25 Å². The van der Waals surface area contributed by atoms with Crippen molar-refractivity contribution >= 4 is 17.9 Å². The minimum atomic E-state index is -0.410. The first-order valence-electron chi connectivity index (χ1n) is 7.89. The zero-order chi connectivity index (χ0) is 15.4. The second-order valence-electron chi connectivity index (χ2n) is 5.77. The number of nitrogens with zero attached hydrogens (tertiary/aromatic N) is 1. The molecule has 2 fully saturated rings. The molecule has 3 rings (SSSR count). The first kappa shape index (κ1) is 15.5. The summed E-state index contributed by atoms with van der Waals surface area (Å²) in [6.07, 6.45) is 5.85. The zero-order valence-electron chi connectivity index (χ0n) is 12.8. The number of ether oxygens (including phenoxy) is 1. The van der Waals surface area contributed by atoms with E-state index in [1.165, 1.54) is 32.1 Å². The normalized spacial score (nSPS) is 25.3. The number of carbonyl (C=O) groups excluding carboxylic acids is 1. The molecule has 2 aliphatic rings. The van der Waals surface area contributed by atoms with Gasteiger partial charge in [-0.25, -0.2) is 0 Å². The van der Waals surface area contributed by atoms with Crippen LogP contribution in [0.15, 0.2) is 30.3 Å². The Kier molecular flexibility index (Phi) is 5.07. The van der Waals surface area contributed by atoms with Gasteiger partial charge in [0.1, 0.15) is 6.04 Å². The Morgan fingerprint density at radius 3 is 2.59 bits per heavy atom. The van der Waals surface area contributed by atoms with Crippen molar-refractivity contribution in [3.05, 3.63) is 35.9 Å². The average molecular weight is 315 g/mol. The van der Waals surface area contributed by atoms with Gasteiger partial charge in [0.05, 0.1) is 0 Å². The lowest BCUT2D eigenvalue weighted by atomic mass is 10.0. The number of hydrogen-bond donors (Lipinski definition) is 0. The Morgan fingerprint density at radius 2 is 1.91 bits per heavy atom. The molecule has 1 aliphatic heterocycles. The van der Waals surface area contributed by atoms with E-state index in [1.54, 1.807) is 19.1 Å². The van der Waals surface area contributed by atoms with Crippen molar-refractivity contribution in [2.75, 3.05) is 7.11 Å². The minimum Gasteiger partial charge on any atom is -0.368 e. The monoisotopic (exact) mass is 315 g/mol. The molecule has 3 nitrogen and oxygen atoms in total. The van der Waals surface area contributed by atoms with Crippen LogP contribution in [0.25, 0.3) is 0 Å². The molecule has 2 unspecified atom stereocenters. The molecule has 116 valence electrons. The van der Waals surface area contributed by atoms with Gasteiger partial charge in [-0.3, -0.25) is 9.10 Å². The average Bonchev–Trinajstić information content (AvgIpc) is 2.58. The van der Waals surface area contributed by atoms with Gasteiger partial charge in [-0.2, -0.15) is 0 Å². The predicted octanol–water partition coefficient (Wildman–Crippen LogP) is 3.24. The molecule has 0 aromatic heterocycles. The van der Waals surface area contributed by atoms with E-state index >= 15 is 0 Å². The van der Waals surface area contributed by atoms with Crippen LogP contribution in [0.4, 0.5) is 0 Å². The first-order valence-corrected chi connectivity index (χ1v) is 8.72. The zero-order valence-corrected chi connectivity index (χ0v) is 13.6. The van der Waals surface area contributed by atoms with Gasteiger partial charge in [0, 0.05) is 17.9 Å². The van der Waals surface area contributed by atoms with Gasteiger partial charge >= 0.3 is 0 Å². The summed E-state index contributed by atoms with van der Waals surface area (Å²) in [7, 11) is 1.59. The summed E-state index contributed by atoms with van der Waals surface area (Å²) < 4.78 is 7.15. The quantitative estimate of drug-likeness (QED) is 0.487. The van der Waals surface area contributed by atoms with Crippen LogP contribution in [0.5, 0.6) is 0 Å². The molecular formula is C18H21NO2S. The van der Waals surface area contributed by atoms with Crippen molar-refractivity contribution in [1.82, 2.24) is 4.31 Å². The molecule has 0 spiro atoms. The third kappa shape index (κ3) is 3.31. The molecule has 1 heterocycles. The van der Waals surface area contributed by atoms with Crippen LogP contribution in [-0.4, -0.2) is 34.7 Å². The molecule has 1 amide bonds. The Balaban J connectivity index is 1.69. The molecule has 1 aliphatic carbocycles. The number of amides is 1. The van der Waals surface area contributed by atoms with Crippen molar-refractivity contribution in [3.63, 3.8) is 0 Å². The Labute approximate surface area is 136 Å². The summed E-state index contributed by atoms with van der Waals surface area (Å²) in [6.45, 7) is 0. The Bertz CT molecular complexity index is 572. The summed E-state index contributed by atoms with van der Waals surface area (Å²) in [6, 6.07) is 9.74. The summed E-state index contributed by atoms with van der Waals surface area (Å²) in [5.74, 6) is 6.44. The van der Waals surface area contributed by atoms with E-state index in [1.807, 2.05) is 34.6 Å². The van der Waals surface area contributed by atoms with Crippen LogP contribution in [0.1, 0.15) is 37.7 Å². The molecule has 1 saturated carbocycles. The Morgan fingerprint density at radius 1 is 1.18 bits per heavy atom. The molecular weight excluding hydrogens is 294 g/mol. The molecule has 1 saturated heterocycles. The summed E-state index contributed by atoms with van der Waals surface area (Å²) in [5.41, 5.74) is 0.972. The van der Waals surface area contributed by atoms with Gasteiger partial charge in [-0.1, -0.05) is 49.3 Å². The molecule has 22 heavy (non-hydrogen) atoms. The lowest BCUT2D eigenvalue weighted by Crippen LogP contribution is -2.62. The van der Waals surface area contributed by atoms with Crippen LogP contribution in [0.3, 0.4) is 0 Å². The van der Waals surface area contributed by atoms with Crippen LogP contribution in [-0.2, 0) is 9.53 Å². The van der Waals surface area contributed by atoms with Crippen molar-refractivity contribution in [1.29, 1.82) is 0 Å². The van der Waals surface area contributed by atoms with E-state index in [-0.39, 0.29) is 11.9 Å². The maximum atomic E-state index is 12.2. The lowest BCUT2D eigenvalue weighted by molar-refractivity contribution is -0.153. The fraction of sp³-hybridized carbons (Fsp3) is 0.500. The van der Waals surface area contributed by atoms with Crippen molar-refractivity contribution in [2.24, 2.45) is 0 Å². The standard InChI is InChI=1S/C18H21NO2S/c1-21-17-16(13-12-14-8-4-2-5-9-14)19(18(17)20)22-15-10-6-3-7-11-15/h2,4-5,8-9,15-17H,3,6-7,10-11H2,1H3. The fourth-order valence-corrected chi connectivity index (χ4v) is 4.30. The maximum Gasteiger partial charge on any atom is 0.266 e. The highest BCUT2D eigenvalue weighted by Crippen LogP contribution is 2.37. The van der Waals surface area contributed by atoms with Crippen molar-refractivity contribution < 1.29 is 9.53 Å². The smallest absolute Gasteiger partial charge is 0.266 e. The number of rotatable bonds is 3. The number of hydrogen-bond acceptors (Lipinski definition) is 3. The van der Waals surface area contributed by atoms with Crippen LogP contribution in [0, 0.1) is 11.8 Å². The van der Waals surface area contributed by atoms with Gasteiger partial charge in [0.15, 0.2) is 6.10 Å². The second kappa shape index (κ2) is 7.21. The summed E-state index contributed by atoms with van der Waals surface area (Å²) in [4.78, 5) is 12.2. The number of benzene rings is 1. The number of β-lactam (4-membered cyclic amide) rings is 1. The van der Waals surface area contributed by atoms with Gasteiger partial charge < -0.3 is 4.74 Å². The summed E-state index contributed by atoms with van der Waals surface area (Å²) >= 11 is 1.68. The van der Waals surface area contributed by atoms with Gasteiger partial charge in [-0.15, -0.1) is 0 Å². The first-order chi connectivity index (χ1) is 10.8. The van der Waals surface area contributed by atoms with Gasteiger partial charge in [0.25, 0.3) is 5.91 Å². The van der Waals surface area contributed by atoms with E-state index in [2.05, 4.69) is 11.8 Å². The van der Waals surface area contributed by atoms with Gasteiger partial charge in [0.2, 0.25) is 0 Å². The predicted molar refractivity (Wildman–Crippen MR) is 89.2 cm³/mol. The van der Waals surface area contributed by atoms with Gasteiger partial charge in [-0.05, 0) is 36.9 Å². The fourth-order valence-electron chi connectivity index (χ4n) is 2.93. The topological polar surface area (TPSA) is 29.5 Å². The van der Waals surface area contributed by atoms with Crippen molar-refractivity contribution in [2.45, 2.75) is 49.5 Å². The van der Waals surface area contributed by atoms with Crippen LogP contribution < -0.4 is 0 Å². The van der Waals surface area contributed by atoms with E-state index in [9.17, 15) is 4.79 Å². The van der Waals surface area contributed by atoms with E-state index in [4.69, 9.17) is 4.74 Å². The molecule has 1 aromatic carbocycles. The van der Waals surface area contributed by atoms with Crippen LogP contribution >= 0.6 is 11.9 Å². The third-order valence-corrected chi connectivity index (χ3v) is 5.61. The molecule has 2 atom stereocenters. The van der Waals surface area contributed by atoms with Crippen molar-refractivity contribution in [3.8, 4) is 11.8 Å². The Hall–Kier alpha value is -1.44. The molecule has 0 bridgehead atoms. The van der Waals surface area contributed by atoms with E-state index < -0.39 is 6.10 Å². The lowest BCUT2D eigenvalue weighted by Gasteiger charge is -2.43. The number of methoxy groups -OCH3 is 1. The highest BCUT2D eigenvalue weighted by molar-refractivity contribution is 7.98. The van der Waals surface area contributed by atoms with E-state index in [0.717, 1.165) is 5.56 Å². The number of carbonyl (C=O) groups is 1. The SMILES string of the molecule is COC1C(=O)N(SC2CCCCC2)C1C#Cc1ccccc1.